The second-order valence-corrected chi connectivity index (χ2v) is 13.3. The van der Waals surface area contributed by atoms with Gasteiger partial charge in [-0.05, 0) is 62.7 Å². The molecule has 0 unspecified atom stereocenters. The number of nitrogens with one attached hydrogen (secondary N) is 1. The van der Waals surface area contributed by atoms with E-state index in [1.54, 1.807) is 17.9 Å². The number of hydrogen-bond donors (Lipinski definition) is 4. The van der Waals surface area contributed by atoms with Crippen molar-refractivity contribution in [3.05, 3.63) is 42.0 Å². The number of aromatic nitrogens is 3. The van der Waals surface area contributed by atoms with E-state index in [-0.39, 0.29) is 82.7 Å². The Kier molecular flexibility index (Phi) is 8.27. The first kappa shape index (κ1) is 31.7. The number of fused-ring (bicyclic) bond motifs is 3. The quantitative estimate of drug-likeness (QED) is 0.230. The van der Waals surface area contributed by atoms with Gasteiger partial charge in [-0.2, -0.15) is 9.97 Å². The summed E-state index contributed by atoms with van der Waals surface area (Å²) in [5.41, 5.74) is -1.89. The van der Waals surface area contributed by atoms with Crippen molar-refractivity contribution >= 4 is 27.5 Å². The summed E-state index contributed by atoms with van der Waals surface area (Å²) in [5, 5.41) is 35.9. The molecule has 4 heterocycles. The van der Waals surface area contributed by atoms with Gasteiger partial charge in [0.1, 0.15) is 39.6 Å². The average molecular weight is 652 g/mol. The largest absolute Gasteiger partial charge is 0.508 e. The van der Waals surface area contributed by atoms with E-state index in [2.05, 4.69) is 15.3 Å². The molecule has 1 saturated carbocycles. The summed E-state index contributed by atoms with van der Waals surface area (Å²) in [4.78, 5) is 15.5. The van der Waals surface area contributed by atoms with Crippen LogP contribution in [0.1, 0.15) is 39.0 Å². The predicted molar refractivity (Wildman–Crippen MR) is 171 cm³/mol. The third-order valence-electron chi connectivity index (χ3n) is 9.80. The molecule has 250 valence electrons. The molecular formula is C34H39F2N5O6. The van der Waals surface area contributed by atoms with Crippen LogP contribution in [0.4, 0.5) is 14.6 Å². The number of hydrogen-bond acceptors (Lipinski definition) is 11. The van der Waals surface area contributed by atoms with E-state index in [4.69, 9.17) is 19.2 Å². The Morgan fingerprint density at radius 1 is 1.13 bits per heavy atom. The highest BCUT2D eigenvalue weighted by molar-refractivity contribution is 6.02. The number of methoxy groups -OCH3 is 1. The zero-order valence-corrected chi connectivity index (χ0v) is 26.4. The number of ether oxygens (including phenoxy) is 3. The van der Waals surface area contributed by atoms with Crippen molar-refractivity contribution in [2.45, 2.75) is 56.8 Å². The number of pyridine rings is 1. The molecular weight excluding hydrogens is 612 g/mol. The second kappa shape index (κ2) is 12.3. The van der Waals surface area contributed by atoms with Crippen LogP contribution in [0.3, 0.4) is 0 Å². The lowest BCUT2D eigenvalue weighted by atomic mass is 9.76. The Labute approximate surface area is 270 Å². The smallest absolute Gasteiger partial charge is 0.319 e. The first-order chi connectivity index (χ1) is 22.6. The van der Waals surface area contributed by atoms with Gasteiger partial charge in [0.2, 0.25) is 5.88 Å². The minimum atomic E-state index is -1.34. The summed E-state index contributed by atoms with van der Waals surface area (Å²) in [6, 6.07) is 7.26. The number of nitrogens with zero attached hydrogens (tertiary/aromatic N) is 4. The van der Waals surface area contributed by atoms with Crippen molar-refractivity contribution in [1.82, 2.24) is 20.3 Å². The van der Waals surface area contributed by atoms with Gasteiger partial charge < -0.3 is 39.7 Å². The van der Waals surface area contributed by atoms with Crippen LogP contribution in [0.15, 0.2) is 30.3 Å². The SMILES string of the molecule is COc1nc(-c2cc(O)cc3cccc(F)c23)c(F)c2nc(OC[C@@]34CCCN[C@@H]3CCC4)nc(N3C[C@H](CO)OC[C@@](C)(O)C3)c12. The van der Waals surface area contributed by atoms with E-state index in [9.17, 15) is 15.3 Å². The van der Waals surface area contributed by atoms with Crippen molar-refractivity contribution in [3.8, 4) is 28.9 Å². The number of halogens is 2. The summed E-state index contributed by atoms with van der Waals surface area (Å²) in [7, 11) is 1.37. The van der Waals surface area contributed by atoms with Crippen LogP contribution in [-0.4, -0.2) is 94.6 Å². The Balaban J connectivity index is 1.43. The second-order valence-electron chi connectivity index (χ2n) is 13.3. The zero-order chi connectivity index (χ0) is 32.9. The number of benzene rings is 2. The first-order valence-corrected chi connectivity index (χ1v) is 16.0. The van der Waals surface area contributed by atoms with E-state index in [1.807, 2.05) is 0 Å². The van der Waals surface area contributed by atoms with Gasteiger partial charge in [0.25, 0.3) is 0 Å². The fourth-order valence-electron chi connectivity index (χ4n) is 7.59. The van der Waals surface area contributed by atoms with Gasteiger partial charge in [0.05, 0.1) is 39.6 Å². The van der Waals surface area contributed by atoms with Crippen molar-refractivity contribution in [3.63, 3.8) is 0 Å². The maximum atomic E-state index is 17.0. The molecule has 7 rings (SSSR count). The van der Waals surface area contributed by atoms with Crippen LogP contribution in [0.2, 0.25) is 0 Å². The Morgan fingerprint density at radius 2 is 1.96 bits per heavy atom. The third-order valence-corrected chi connectivity index (χ3v) is 9.80. The Morgan fingerprint density at radius 3 is 2.77 bits per heavy atom. The zero-order valence-electron chi connectivity index (χ0n) is 26.4. The number of phenolic OH excluding ortho intramolecular Hbond substituents is 1. The van der Waals surface area contributed by atoms with Crippen LogP contribution >= 0.6 is 0 Å². The minimum absolute atomic E-state index is 0.0193. The lowest BCUT2D eigenvalue weighted by Gasteiger charge is -2.39. The predicted octanol–water partition coefficient (Wildman–Crippen LogP) is 4.09. The summed E-state index contributed by atoms with van der Waals surface area (Å²) in [6.07, 6.45) is 4.45. The van der Waals surface area contributed by atoms with Crippen molar-refractivity contribution < 1.29 is 38.3 Å². The van der Waals surface area contributed by atoms with Crippen LogP contribution in [0.25, 0.3) is 32.9 Å². The minimum Gasteiger partial charge on any atom is -0.508 e. The molecule has 3 aliphatic rings. The highest BCUT2D eigenvalue weighted by Gasteiger charge is 2.45. The molecule has 4 atom stereocenters. The van der Waals surface area contributed by atoms with Crippen LogP contribution in [-0.2, 0) is 4.74 Å². The van der Waals surface area contributed by atoms with Crippen molar-refractivity contribution in [2.24, 2.45) is 5.41 Å². The lowest BCUT2D eigenvalue weighted by Crippen LogP contribution is -2.49. The van der Waals surface area contributed by atoms with Gasteiger partial charge in [-0.1, -0.05) is 18.6 Å². The van der Waals surface area contributed by atoms with E-state index >= 15 is 8.78 Å². The normalized spacial score (nSPS) is 26.4. The van der Waals surface area contributed by atoms with E-state index < -0.39 is 23.3 Å². The third kappa shape index (κ3) is 5.79. The van der Waals surface area contributed by atoms with E-state index in [1.165, 1.54) is 31.4 Å². The number of phenols is 1. The van der Waals surface area contributed by atoms with Gasteiger partial charge in [-0.15, -0.1) is 0 Å². The molecule has 1 aliphatic carbocycles. The summed E-state index contributed by atoms with van der Waals surface area (Å²) in [6.45, 7) is 2.67. The van der Waals surface area contributed by atoms with E-state index in [0.29, 0.717) is 18.0 Å². The molecule has 11 nitrogen and oxygen atoms in total. The van der Waals surface area contributed by atoms with Gasteiger partial charge in [0.15, 0.2) is 5.82 Å². The van der Waals surface area contributed by atoms with Gasteiger partial charge in [-0.25, -0.2) is 13.8 Å². The molecule has 4 N–H and O–H groups in total. The number of aliphatic hydroxyl groups is 2. The fourth-order valence-corrected chi connectivity index (χ4v) is 7.59. The number of piperidine rings is 1. The molecule has 2 aliphatic heterocycles. The molecule has 2 saturated heterocycles. The average Bonchev–Trinajstić information content (AvgIpc) is 3.42. The number of aliphatic hydroxyl groups excluding tert-OH is 1. The topological polar surface area (TPSA) is 142 Å². The van der Waals surface area contributed by atoms with E-state index in [0.717, 1.165) is 38.6 Å². The van der Waals surface area contributed by atoms with Gasteiger partial charge in [-0.3, -0.25) is 0 Å². The summed E-state index contributed by atoms with van der Waals surface area (Å²) < 4.78 is 50.0. The monoisotopic (exact) mass is 651 g/mol. The molecule has 0 radical (unpaired) electrons. The lowest BCUT2D eigenvalue weighted by molar-refractivity contribution is -0.0528. The molecule has 3 fully saturated rings. The first-order valence-electron chi connectivity index (χ1n) is 16.0. The molecule has 13 heteroatoms. The van der Waals surface area contributed by atoms with Crippen LogP contribution < -0.4 is 19.7 Å². The van der Waals surface area contributed by atoms with Crippen LogP contribution in [0, 0.1) is 17.0 Å². The summed E-state index contributed by atoms with van der Waals surface area (Å²) >= 11 is 0. The van der Waals surface area contributed by atoms with Gasteiger partial charge >= 0.3 is 6.01 Å². The number of anilines is 1. The molecule has 0 spiro atoms. The number of rotatable bonds is 7. The Hall–Kier alpha value is -3.91. The maximum Gasteiger partial charge on any atom is 0.319 e. The fraction of sp³-hybridized carbons (Fsp3) is 0.500. The molecule has 0 bridgehead atoms. The van der Waals surface area contributed by atoms with Gasteiger partial charge in [0, 0.05) is 29.0 Å². The van der Waals surface area contributed by atoms with Crippen LogP contribution in [0.5, 0.6) is 17.6 Å². The highest BCUT2D eigenvalue weighted by atomic mass is 19.1. The number of β-amino-alcohol motifs (C(OH)–C–C–N with tert-alkyl or cyclic N) is 1. The maximum absolute atomic E-state index is 17.0. The standard InChI is InChI=1S/C34H39F2N5O6/c1-33(44)16-41(14-21(15-42)46-17-33)30-26-29(39-32(40-30)47-18-34-9-4-8-24(34)37-11-5-10-34)27(36)28(38-31(26)45-2)22-13-20(43)12-19-6-3-7-23(35)25(19)22/h3,6-7,12-13,21,24,37,42-44H,4-5,8-11,14-18H2,1-2H3/t21-,24-,33+,34-/m1/s1. The molecule has 2 aromatic heterocycles. The Bertz CT molecular complexity index is 1830. The van der Waals surface area contributed by atoms with Crippen molar-refractivity contribution in [1.29, 1.82) is 0 Å². The van der Waals surface area contributed by atoms with Crippen molar-refractivity contribution in [2.75, 3.05) is 51.5 Å². The molecule has 2 aromatic carbocycles. The molecule has 0 amide bonds. The highest BCUT2D eigenvalue weighted by Crippen LogP contribution is 2.45. The number of aromatic hydroxyl groups is 1. The molecule has 47 heavy (non-hydrogen) atoms. The summed E-state index contributed by atoms with van der Waals surface area (Å²) in [5.74, 6) is -1.57. The molecule has 4 aromatic rings.